The van der Waals surface area contributed by atoms with E-state index in [0.29, 0.717) is 31.6 Å². The summed E-state index contributed by atoms with van der Waals surface area (Å²) in [4.78, 5) is 36.0. The van der Waals surface area contributed by atoms with Crippen molar-refractivity contribution in [2.24, 2.45) is 11.8 Å². The molecular weight excluding hydrogens is 351 g/mol. The predicted octanol–water partition coefficient (Wildman–Crippen LogP) is 3.57. The summed E-state index contributed by atoms with van der Waals surface area (Å²) in [6, 6.07) is 3.71. The first kappa shape index (κ1) is 20.9. The molecule has 27 heavy (non-hydrogen) atoms. The van der Waals surface area contributed by atoms with E-state index in [1.807, 2.05) is 13.8 Å². The number of carbonyl (C=O) groups is 3. The van der Waals surface area contributed by atoms with E-state index >= 15 is 0 Å². The van der Waals surface area contributed by atoms with Crippen molar-refractivity contribution in [2.75, 3.05) is 5.32 Å². The Hall–Kier alpha value is -2.44. The standard InChI is InChI=1S/C20H27FN2O4/c1-12(2)10-17(24)22-16-5-4-14(11-15(16)21)18(25)23-20(19(26)27)8-6-13(3)7-9-20/h4-5,11-13H,6-10H2,1-3H3,(H,22,24)(H,23,25)(H,26,27). The van der Waals surface area contributed by atoms with Crippen molar-refractivity contribution >= 4 is 23.5 Å². The molecule has 0 atom stereocenters. The predicted molar refractivity (Wildman–Crippen MR) is 99.9 cm³/mol. The van der Waals surface area contributed by atoms with Crippen molar-refractivity contribution in [3.63, 3.8) is 0 Å². The quantitative estimate of drug-likeness (QED) is 0.705. The number of rotatable bonds is 6. The number of carboxylic acid groups (broad SMARTS) is 1. The zero-order valence-corrected chi connectivity index (χ0v) is 16.0. The third kappa shape index (κ3) is 5.28. The van der Waals surface area contributed by atoms with Crippen LogP contribution in [0, 0.1) is 17.7 Å². The van der Waals surface area contributed by atoms with E-state index in [1.54, 1.807) is 0 Å². The molecule has 0 radical (unpaired) electrons. The van der Waals surface area contributed by atoms with Crippen molar-refractivity contribution in [3.05, 3.63) is 29.6 Å². The molecule has 0 unspecified atom stereocenters. The number of halogens is 1. The van der Waals surface area contributed by atoms with Gasteiger partial charge in [0.05, 0.1) is 5.69 Å². The van der Waals surface area contributed by atoms with Gasteiger partial charge < -0.3 is 15.7 Å². The number of carboxylic acids is 1. The molecule has 0 heterocycles. The Bertz CT molecular complexity index is 725. The topological polar surface area (TPSA) is 95.5 Å². The average molecular weight is 378 g/mol. The monoisotopic (exact) mass is 378 g/mol. The van der Waals surface area contributed by atoms with Crippen LogP contribution >= 0.6 is 0 Å². The summed E-state index contributed by atoms with van der Waals surface area (Å²) >= 11 is 0. The van der Waals surface area contributed by atoms with E-state index in [0.717, 1.165) is 6.07 Å². The van der Waals surface area contributed by atoms with Crippen LogP contribution in [-0.4, -0.2) is 28.4 Å². The molecule has 0 saturated heterocycles. The van der Waals surface area contributed by atoms with Crippen molar-refractivity contribution in [3.8, 4) is 0 Å². The number of nitrogens with one attached hydrogen (secondary N) is 2. The zero-order valence-electron chi connectivity index (χ0n) is 16.0. The van der Waals surface area contributed by atoms with Gasteiger partial charge in [0.15, 0.2) is 0 Å². The summed E-state index contributed by atoms with van der Waals surface area (Å²) < 4.78 is 14.3. The molecule has 1 aromatic rings. The van der Waals surface area contributed by atoms with Gasteiger partial charge in [-0.05, 0) is 55.7 Å². The molecule has 0 aromatic heterocycles. The van der Waals surface area contributed by atoms with Crippen LogP contribution in [0.4, 0.5) is 10.1 Å². The first-order valence-electron chi connectivity index (χ1n) is 9.28. The van der Waals surface area contributed by atoms with Gasteiger partial charge in [-0.3, -0.25) is 9.59 Å². The Morgan fingerprint density at radius 1 is 1.26 bits per heavy atom. The molecule has 6 nitrogen and oxygen atoms in total. The van der Waals surface area contributed by atoms with Crippen molar-refractivity contribution in [2.45, 2.75) is 58.4 Å². The fourth-order valence-electron chi connectivity index (χ4n) is 3.27. The Morgan fingerprint density at radius 3 is 2.41 bits per heavy atom. The summed E-state index contributed by atoms with van der Waals surface area (Å²) in [6.07, 6.45) is 2.38. The highest BCUT2D eigenvalue weighted by molar-refractivity contribution is 5.99. The van der Waals surface area contributed by atoms with Crippen molar-refractivity contribution in [1.82, 2.24) is 5.32 Å². The molecule has 1 fully saturated rings. The van der Waals surface area contributed by atoms with Crippen LogP contribution in [0.25, 0.3) is 0 Å². The lowest BCUT2D eigenvalue weighted by Gasteiger charge is -2.36. The van der Waals surface area contributed by atoms with Crippen molar-refractivity contribution in [1.29, 1.82) is 0 Å². The minimum absolute atomic E-state index is 0.00311. The van der Waals surface area contributed by atoms with Crippen LogP contribution in [0.3, 0.4) is 0 Å². The van der Waals surface area contributed by atoms with E-state index in [-0.39, 0.29) is 29.5 Å². The van der Waals surface area contributed by atoms with Gasteiger partial charge >= 0.3 is 5.97 Å². The van der Waals surface area contributed by atoms with Gasteiger partial charge in [0.25, 0.3) is 5.91 Å². The molecule has 1 aromatic carbocycles. The van der Waals surface area contributed by atoms with E-state index in [4.69, 9.17) is 0 Å². The number of carbonyl (C=O) groups excluding carboxylic acids is 2. The summed E-state index contributed by atoms with van der Waals surface area (Å²) in [5, 5.41) is 14.7. The Labute approximate surface area is 158 Å². The third-order valence-electron chi connectivity index (χ3n) is 4.99. The van der Waals surface area contributed by atoms with Gasteiger partial charge in [-0.25, -0.2) is 9.18 Å². The lowest BCUT2D eigenvalue weighted by Crippen LogP contribution is -2.56. The van der Waals surface area contributed by atoms with Gasteiger partial charge in [0.1, 0.15) is 11.4 Å². The Kier molecular flexibility index (Phi) is 6.57. The Morgan fingerprint density at radius 2 is 1.89 bits per heavy atom. The molecule has 7 heteroatoms. The highest BCUT2D eigenvalue weighted by Crippen LogP contribution is 2.32. The normalized spacial score (nSPS) is 22.3. The number of benzene rings is 1. The first-order valence-corrected chi connectivity index (χ1v) is 9.28. The maximum atomic E-state index is 14.3. The third-order valence-corrected chi connectivity index (χ3v) is 4.99. The largest absolute Gasteiger partial charge is 0.480 e. The summed E-state index contributed by atoms with van der Waals surface area (Å²) in [5.41, 5.74) is -1.30. The lowest BCUT2D eigenvalue weighted by molar-refractivity contribution is -0.146. The first-order chi connectivity index (χ1) is 12.6. The second-order valence-electron chi connectivity index (χ2n) is 7.86. The summed E-state index contributed by atoms with van der Waals surface area (Å²) in [6.45, 7) is 5.82. The van der Waals surface area contributed by atoms with E-state index in [1.165, 1.54) is 12.1 Å². The summed E-state index contributed by atoms with van der Waals surface area (Å²) in [7, 11) is 0. The molecule has 0 aliphatic heterocycles. The highest BCUT2D eigenvalue weighted by Gasteiger charge is 2.42. The summed E-state index contributed by atoms with van der Waals surface area (Å²) in [5.74, 6) is -2.18. The SMILES string of the molecule is CC(C)CC(=O)Nc1ccc(C(=O)NC2(C(=O)O)CCC(C)CC2)cc1F. The molecule has 2 rings (SSSR count). The van der Waals surface area contributed by atoms with Crippen LogP contribution in [0.1, 0.15) is 63.2 Å². The zero-order chi connectivity index (χ0) is 20.2. The molecule has 0 bridgehead atoms. The van der Waals surface area contributed by atoms with Gasteiger partial charge in [-0.15, -0.1) is 0 Å². The van der Waals surface area contributed by atoms with Crippen LogP contribution in [-0.2, 0) is 9.59 Å². The number of hydrogen-bond acceptors (Lipinski definition) is 3. The number of hydrogen-bond donors (Lipinski definition) is 3. The van der Waals surface area contributed by atoms with Gasteiger partial charge in [0, 0.05) is 12.0 Å². The van der Waals surface area contributed by atoms with Crippen LogP contribution in [0.2, 0.25) is 0 Å². The van der Waals surface area contributed by atoms with Gasteiger partial charge in [-0.2, -0.15) is 0 Å². The molecular formula is C20H27FN2O4. The van der Waals surface area contributed by atoms with E-state index in [9.17, 15) is 23.9 Å². The van der Waals surface area contributed by atoms with Crippen LogP contribution < -0.4 is 10.6 Å². The maximum Gasteiger partial charge on any atom is 0.329 e. The molecule has 2 amide bonds. The molecule has 148 valence electrons. The van der Waals surface area contributed by atoms with E-state index in [2.05, 4.69) is 17.6 Å². The maximum absolute atomic E-state index is 14.3. The number of anilines is 1. The minimum atomic E-state index is -1.32. The van der Waals surface area contributed by atoms with Crippen LogP contribution in [0.15, 0.2) is 18.2 Å². The Balaban J connectivity index is 2.11. The molecule has 1 aliphatic carbocycles. The van der Waals surface area contributed by atoms with Gasteiger partial charge in [0.2, 0.25) is 5.91 Å². The second kappa shape index (κ2) is 8.50. The average Bonchev–Trinajstić information content (AvgIpc) is 2.58. The second-order valence-corrected chi connectivity index (χ2v) is 7.86. The minimum Gasteiger partial charge on any atom is -0.480 e. The number of amides is 2. The fourth-order valence-corrected chi connectivity index (χ4v) is 3.27. The highest BCUT2D eigenvalue weighted by atomic mass is 19.1. The van der Waals surface area contributed by atoms with Crippen molar-refractivity contribution < 1.29 is 23.9 Å². The smallest absolute Gasteiger partial charge is 0.329 e. The molecule has 0 spiro atoms. The molecule has 3 N–H and O–H groups in total. The lowest BCUT2D eigenvalue weighted by atomic mass is 9.77. The van der Waals surface area contributed by atoms with E-state index < -0.39 is 23.2 Å². The van der Waals surface area contributed by atoms with Gasteiger partial charge in [-0.1, -0.05) is 20.8 Å². The number of aliphatic carboxylic acids is 1. The fraction of sp³-hybridized carbons (Fsp3) is 0.550. The molecule has 1 aliphatic rings. The molecule has 1 saturated carbocycles. The van der Waals surface area contributed by atoms with Crippen LogP contribution in [0.5, 0.6) is 0 Å².